The zero-order chi connectivity index (χ0) is 14.9. The lowest BCUT2D eigenvalue weighted by atomic mass is 10.2. The molecule has 0 saturated heterocycles. The maximum atomic E-state index is 12.1. The van der Waals surface area contributed by atoms with Gasteiger partial charge in [-0.25, -0.2) is 23.0 Å². The van der Waals surface area contributed by atoms with Crippen LogP contribution in [0.3, 0.4) is 0 Å². The van der Waals surface area contributed by atoms with Gasteiger partial charge in [0.15, 0.2) is 0 Å². The minimum atomic E-state index is -4.01. The molecule has 2 rings (SSSR count). The highest BCUT2D eigenvalue weighted by Crippen LogP contribution is 2.30. The van der Waals surface area contributed by atoms with Crippen LogP contribution >= 0.6 is 27.5 Å². The summed E-state index contributed by atoms with van der Waals surface area (Å²) >= 11 is 8.79. The van der Waals surface area contributed by atoms with Crippen LogP contribution < -0.4 is 4.72 Å². The molecule has 1 aromatic heterocycles. The van der Waals surface area contributed by atoms with E-state index in [1.54, 1.807) is 0 Å². The number of hydrogen-bond acceptors (Lipinski definition) is 5. The number of carbonyl (C=O) groups is 1. The Morgan fingerprint density at radius 3 is 2.70 bits per heavy atom. The first-order valence-electron chi connectivity index (χ1n) is 4.92. The van der Waals surface area contributed by atoms with Gasteiger partial charge < -0.3 is 5.11 Å². The summed E-state index contributed by atoms with van der Waals surface area (Å²) < 4.78 is 26.4. The molecule has 0 aliphatic carbocycles. The molecule has 106 valence electrons. The fraction of sp³-hybridized carbons (Fsp3) is 0. The number of anilines is 1. The first kappa shape index (κ1) is 14.8. The van der Waals surface area contributed by atoms with Crippen LogP contribution in [0, 0.1) is 0 Å². The van der Waals surface area contributed by atoms with E-state index in [0.717, 1.165) is 12.4 Å². The summed E-state index contributed by atoms with van der Waals surface area (Å²) in [5, 5.41) is 14.7. The van der Waals surface area contributed by atoms with Gasteiger partial charge in [0.2, 0.25) is 5.95 Å². The summed E-state index contributed by atoms with van der Waals surface area (Å²) in [6.07, 6.45) is 1.12. The molecule has 2 aromatic rings. The topological polar surface area (TPSA) is 125 Å². The van der Waals surface area contributed by atoms with Crippen LogP contribution in [0.2, 0.25) is 5.02 Å². The normalized spacial score (nSPS) is 11.3. The van der Waals surface area contributed by atoms with Crippen LogP contribution in [0.1, 0.15) is 10.4 Å². The monoisotopic (exact) mass is 380 g/mol. The number of halogens is 2. The van der Waals surface area contributed by atoms with Gasteiger partial charge in [0, 0.05) is 4.47 Å². The van der Waals surface area contributed by atoms with Gasteiger partial charge >= 0.3 is 5.97 Å². The van der Waals surface area contributed by atoms with Crippen molar-refractivity contribution in [3.05, 3.63) is 33.5 Å². The third kappa shape index (κ3) is 2.92. The standard InChI is InChI=1S/C9H6BrClN4O4S/c10-6-2-4(1-5(7(6)11)8(16)17)20(18,19)15-9-12-3-13-14-9/h1-3H,(H,16,17)(H2,12,13,14,15). The molecule has 3 N–H and O–H groups in total. The smallest absolute Gasteiger partial charge is 0.337 e. The number of carboxylic acid groups (broad SMARTS) is 1. The molecular formula is C9H6BrClN4O4S. The number of rotatable bonds is 4. The van der Waals surface area contributed by atoms with Crippen molar-refractivity contribution in [1.29, 1.82) is 0 Å². The Balaban J connectivity index is 2.49. The summed E-state index contributed by atoms with van der Waals surface area (Å²) in [7, 11) is -4.01. The van der Waals surface area contributed by atoms with Crippen molar-refractivity contribution >= 4 is 49.5 Å². The molecule has 0 unspecified atom stereocenters. The van der Waals surface area contributed by atoms with Crippen molar-refractivity contribution in [3.63, 3.8) is 0 Å². The summed E-state index contributed by atoms with van der Waals surface area (Å²) in [6.45, 7) is 0. The number of H-pyrrole nitrogens is 1. The van der Waals surface area contributed by atoms with E-state index in [0.29, 0.717) is 0 Å². The second-order valence-electron chi connectivity index (χ2n) is 3.51. The number of aromatic amines is 1. The Labute approximate surface area is 126 Å². The van der Waals surface area contributed by atoms with Crippen molar-refractivity contribution in [3.8, 4) is 0 Å². The Hall–Kier alpha value is -1.65. The van der Waals surface area contributed by atoms with Crippen molar-refractivity contribution in [2.45, 2.75) is 4.90 Å². The molecule has 0 aliphatic heterocycles. The highest BCUT2D eigenvalue weighted by molar-refractivity contribution is 9.10. The molecular weight excluding hydrogens is 376 g/mol. The van der Waals surface area contributed by atoms with E-state index in [2.05, 4.69) is 35.8 Å². The summed E-state index contributed by atoms with van der Waals surface area (Å²) in [5.41, 5.74) is -0.334. The molecule has 0 atom stereocenters. The molecule has 11 heteroatoms. The minimum absolute atomic E-state index is 0.0869. The first-order chi connectivity index (χ1) is 9.31. The molecule has 8 nitrogen and oxygen atoms in total. The van der Waals surface area contributed by atoms with Crippen LogP contribution in [-0.2, 0) is 10.0 Å². The Bertz CT molecular complexity index is 763. The lowest BCUT2D eigenvalue weighted by Crippen LogP contribution is -2.15. The van der Waals surface area contributed by atoms with Crippen LogP contribution in [0.25, 0.3) is 0 Å². The Kier molecular flexibility index (Phi) is 3.97. The predicted octanol–water partition coefficient (Wildman–Crippen LogP) is 1.72. The molecule has 0 saturated carbocycles. The fourth-order valence-electron chi connectivity index (χ4n) is 1.32. The summed E-state index contributed by atoms with van der Waals surface area (Å²) in [6, 6.07) is 2.14. The maximum absolute atomic E-state index is 12.1. The highest BCUT2D eigenvalue weighted by Gasteiger charge is 2.21. The number of benzene rings is 1. The minimum Gasteiger partial charge on any atom is -0.478 e. The van der Waals surface area contributed by atoms with E-state index in [-0.39, 0.29) is 25.9 Å². The highest BCUT2D eigenvalue weighted by atomic mass is 79.9. The van der Waals surface area contributed by atoms with Crippen molar-refractivity contribution in [1.82, 2.24) is 15.2 Å². The number of nitrogens with one attached hydrogen (secondary N) is 2. The first-order valence-corrected chi connectivity index (χ1v) is 7.57. The van der Waals surface area contributed by atoms with Crippen LogP contribution in [0.5, 0.6) is 0 Å². The third-order valence-electron chi connectivity index (χ3n) is 2.19. The molecule has 0 amide bonds. The molecule has 0 fully saturated rings. The number of nitrogens with zero attached hydrogens (tertiary/aromatic N) is 2. The van der Waals surface area contributed by atoms with Crippen LogP contribution in [0.4, 0.5) is 5.95 Å². The van der Waals surface area contributed by atoms with E-state index in [1.807, 2.05) is 0 Å². The predicted molar refractivity (Wildman–Crippen MR) is 73.3 cm³/mol. The van der Waals surface area contributed by atoms with Crippen molar-refractivity contribution < 1.29 is 18.3 Å². The van der Waals surface area contributed by atoms with Gasteiger partial charge in [-0.1, -0.05) is 11.6 Å². The summed E-state index contributed by atoms with van der Waals surface area (Å²) in [4.78, 5) is 14.4. The van der Waals surface area contributed by atoms with Gasteiger partial charge in [-0.05, 0) is 28.1 Å². The molecule has 20 heavy (non-hydrogen) atoms. The number of sulfonamides is 1. The van der Waals surface area contributed by atoms with E-state index in [1.165, 1.54) is 6.07 Å². The molecule has 0 aliphatic rings. The number of aromatic carboxylic acids is 1. The van der Waals surface area contributed by atoms with E-state index >= 15 is 0 Å². The molecule has 0 radical (unpaired) electrons. The van der Waals surface area contributed by atoms with Crippen molar-refractivity contribution in [2.75, 3.05) is 4.72 Å². The second kappa shape index (κ2) is 5.38. The second-order valence-corrected chi connectivity index (χ2v) is 6.43. The SMILES string of the molecule is O=C(O)c1cc(S(=O)(=O)Nc2ncn[nH]2)cc(Br)c1Cl. The molecule has 1 aromatic carbocycles. The Morgan fingerprint density at radius 1 is 1.45 bits per heavy atom. The molecule has 1 heterocycles. The lowest BCUT2D eigenvalue weighted by molar-refractivity contribution is 0.0696. The van der Waals surface area contributed by atoms with Crippen molar-refractivity contribution in [2.24, 2.45) is 0 Å². The van der Waals surface area contributed by atoms with E-state index < -0.39 is 16.0 Å². The largest absolute Gasteiger partial charge is 0.478 e. The average molecular weight is 382 g/mol. The molecule has 0 bridgehead atoms. The maximum Gasteiger partial charge on any atom is 0.337 e. The van der Waals surface area contributed by atoms with Gasteiger partial charge in [0.1, 0.15) is 6.33 Å². The number of hydrogen-bond donors (Lipinski definition) is 3. The molecule has 0 spiro atoms. The summed E-state index contributed by atoms with van der Waals surface area (Å²) in [5.74, 6) is -1.43. The van der Waals surface area contributed by atoms with Gasteiger partial charge in [0.25, 0.3) is 10.0 Å². The third-order valence-corrected chi connectivity index (χ3v) is 4.77. The van der Waals surface area contributed by atoms with Gasteiger partial charge in [-0.3, -0.25) is 0 Å². The quantitative estimate of drug-likeness (QED) is 0.740. The number of carboxylic acids is 1. The Morgan fingerprint density at radius 2 is 2.15 bits per heavy atom. The average Bonchev–Trinajstić information content (AvgIpc) is 2.83. The zero-order valence-electron chi connectivity index (χ0n) is 9.46. The number of aromatic nitrogens is 3. The van der Waals surface area contributed by atoms with Crippen LogP contribution in [-0.4, -0.2) is 34.7 Å². The van der Waals surface area contributed by atoms with E-state index in [9.17, 15) is 13.2 Å². The van der Waals surface area contributed by atoms with Gasteiger partial charge in [-0.2, -0.15) is 10.1 Å². The lowest BCUT2D eigenvalue weighted by Gasteiger charge is -2.08. The van der Waals surface area contributed by atoms with Gasteiger partial charge in [0.05, 0.1) is 15.5 Å². The van der Waals surface area contributed by atoms with E-state index in [4.69, 9.17) is 16.7 Å². The van der Waals surface area contributed by atoms with Gasteiger partial charge in [-0.15, -0.1) is 0 Å². The zero-order valence-corrected chi connectivity index (χ0v) is 12.6. The van der Waals surface area contributed by atoms with Crippen LogP contribution in [0.15, 0.2) is 27.8 Å². The fourth-order valence-corrected chi connectivity index (χ4v) is 3.13.